The van der Waals surface area contributed by atoms with E-state index >= 15 is 0 Å². The Hall–Kier alpha value is -0.590. The lowest BCUT2D eigenvalue weighted by atomic mass is 10.2. The monoisotopic (exact) mass is 283 g/mol. The SMILES string of the molecule is O=Cc1nccc(C(F)F)c1I. The zero-order valence-corrected chi connectivity index (χ0v) is 7.96. The number of rotatable bonds is 2. The Morgan fingerprint density at radius 1 is 1.58 bits per heavy atom. The smallest absolute Gasteiger partial charge is 0.265 e. The van der Waals surface area contributed by atoms with E-state index < -0.39 is 6.43 Å². The van der Waals surface area contributed by atoms with Crippen molar-refractivity contribution in [3.05, 3.63) is 27.1 Å². The quantitative estimate of drug-likeness (QED) is 0.616. The summed E-state index contributed by atoms with van der Waals surface area (Å²) in [6, 6.07) is 1.21. The maximum atomic E-state index is 12.2. The van der Waals surface area contributed by atoms with Crippen molar-refractivity contribution in [2.75, 3.05) is 0 Å². The first-order valence-electron chi connectivity index (χ1n) is 3.04. The molecule has 5 heteroatoms. The molecular weight excluding hydrogens is 279 g/mol. The number of aldehydes is 1. The molecule has 0 spiro atoms. The van der Waals surface area contributed by atoms with Crippen molar-refractivity contribution in [1.82, 2.24) is 4.98 Å². The Morgan fingerprint density at radius 2 is 2.25 bits per heavy atom. The first-order chi connectivity index (χ1) is 5.66. The molecule has 0 aromatic carbocycles. The predicted octanol–water partition coefficient (Wildman–Crippen LogP) is 2.44. The molecule has 0 saturated carbocycles. The Morgan fingerprint density at radius 3 is 2.75 bits per heavy atom. The van der Waals surface area contributed by atoms with E-state index in [9.17, 15) is 13.6 Å². The van der Waals surface area contributed by atoms with Gasteiger partial charge < -0.3 is 0 Å². The van der Waals surface area contributed by atoms with Gasteiger partial charge in [-0.2, -0.15) is 0 Å². The minimum absolute atomic E-state index is 0.0633. The van der Waals surface area contributed by atoms with Crippen molar-refractivity contribution in [3.63, 3.8) is 0 Å². The molecule has 0 unspecified atom stereocenters. The van der Waals surface area contributed by atoms with Crippen LogP contribution in [0.2, 0.25) is 0 Å². The van der Waals surface area contributed by atoms with Gasteiger partial charge in [-0.15, -0.1) is 0 Å². The average molecular weight is 283 g/mol. The van der Waals surface area contributed by atoms with E-state index in [1.54, 1.807) is 22.6 Å². The molecule has 0 radical (unpaired) electrons. The number of nitrogens with zero attached hydrogens (tertiary/aromatic N) is 1. The number of aromatic nitrogens is 1. The van der Waals surface area contributed by atoms with Gasteiger partial charge in [0.2, 0.25) is 0 Å². The lowest BCUT2D eigenvalue weighted by molar-refractivity contribution is 0.111. The van der Waals surface area contributed by atoms with Gasteiger partial charge in [-0.3, -0.25) is 9.78 Å². The van der Waals surface area contributed by atoms with Crippen LogP contribution in [0.25, 0.3) is 0 Å². The standard InChI is InChI=1S/C7H4F2INO/c8-7(9)4-1-2-11-5(3-12)6(4)10/h1-3,7H. The van der Waals surface area contributed by atoms with Crippen LogP contribution in [0.4, 0.5) is 8.78 Å². The lowest BCUT2D eigenvalue weighted by Gasteiger charge is -2.02. The van der Waals surface area contributed by atoms with Crippen LogP contribution >= 0.6 is 22.6 Å². The summed E-state index contributed by atoms with van der Waals surface area (Å²) in [5.41, 5.74) is -0.0823. The van der Waals surface area contributed by atoms with Gasteiger partial charge in [0, 0.05) is 11.8 Å². The zero-order valence-electron chi connectivity index (χ0n) is 5.80. The molecule has 12 heavy (non-hydrogen) atoms. The van der Waals surface area contributed by atoms with E-state index in [4.69, 9.17) is 0 Å². The molecule has 1 heterocycles. The molecule has 1 rings (SSSR count). The number of carbonyl (C=O) groups is 1. The number of pyridine rings is 1. The van der Waals surface area contributed by atoms with Crippen LogP contribution in [-0.4, -0.2) is 11.3 Å². The van der Waals surface area contributed by atoms with Crippen molar-refractivity contribution in [2.24, 2.45) is 0 Å². The maximum Gasteiger partial charge on any atom is 0.265 e. The fraction of sp³-hybridized carbons (Fsp3) is 0.143. The molecule has 0 N–H and O–H groups in total. The Bertz CT molecular complexity index is 303. The van der Waals surface area contributed by atoms with Gasteiger partial charge in [0.1, 0.15) is 5.69 Å². The van der Waals surface area contributed by atoms with Gasteiger partial charge in [0.25, 0.3) is 6.43 Å². The van der Waals surface area contributed by atoms with E-state index in [1.807, 2.05) is 0 Å². The number of carbonyl (C=O) groups excluding carboxylic acids is 1. The zero-order chi connectivity index (χ0) is 9.14. The second-order valence-corrected chi connectivity index (χ2v) is 3.10. The molecular formula is C7H4F2INO. The van der Waals surface area contributed by atoms with E-state index in [0.29, 0.717) is 6.29 Å². The number of halogens is 3. The van der Waals surface area contributed by atoms with E-state index in [0.717, 1.165) is 0 Å². The molecule has 2 nitrogen and oxygen atoms in total. The van der Waals surface area contributed by atoms with Crippen molar-refractivity contribution in [3.8, 4) is 0 Å². The van der Waals surface area contributed by atoms with Crippen LogP contribution in [0.15, 0.2) is 12.3 Å². The van der Waals surface area contributed by atoms with Gasteiger partial charge >= 0.3 is 0 Å². The van der Waals surface area contributed by atoms with Crippen molar-refractivity contribution in [2.45, 2.75) is 6.43 Å². The molecule has 0 saturated heterocycles. The molecule has 0 aliphatic heterocycles. The second kappa shape index (κ2) is 3.88. The van der Waals surface area contributed by atoms with Crippen LogP contribution < -0.4 is 0 Å². The largest absolute Gasteiger partial charge is 0.296 e. The van der Waals surface area contributed by atoms with Crippen LogP contribution in [0.3, 0.4) is 0 Å². The summed E-state index contributed by atoms with van der Waals surface area (Å²) in [4.78, 5) is 13.9. The Labute approximate surface area is 81.1 Å². The first-order valence-corrected chi connectivity index (χ1v) is 4.12. The average Bonchev–Trinajstić information content (AvgIpc) is 2.04. The highest BCUT2D eigenvalue weighted by atomic mass is 127. The van der Waals surface area contributed by atoms with Crippen LogP contribution in [0.5, 0.6) is 0 Å². The summed E-state index contributed by atoms with van der Waals surface area (Å²) in [5.74, 6) is 0. The summed E-state index contributed by atoms with van der Waals surface area (Å²) in [7, 11) is 0. The summed E-state index contributed by atoms with van der Waals surface area (Å²) in [6.07, 6.45) is -0.889. The molecule has 64 valence electrons. The van der Waals surface area contributed by atoms with Crippen LogP contribution in [0.1, 0.15) is 22.5 Å². The number of hydrogen-bond acceptors (Lipinski definition) is 2. The second-order valence-electron chi connectivity index (χ2n) is 2.02. The third kappa shape index (κ3) is 1.77. The van der Waals surface area contributed by atoms with Gasteiger partial charge in [0.05, 0.1) is 3.57 Å². The van der Waals surface area contributed by atoms with Crippen LogP contribution in [0, 0.1) is 3.57 Å². The van der Waals surface area contributed by atoms with Gasteiger partial charge in [-0.05, 0) is 28.7 Å². The molecule has 0 aliphatic carbocycles. The summed E-state index contributed by atoms with van der Waals surface area (Å²) < 4.78 is 24.6. The Kier molecular flexibility index (Phi) is 3.07. The topological polar surface area (TPSA) is 30.0 Å². The summed E-state index contributed by atoms with van der Waals surface area (Å²) in [6.45, 7) is 0. The van der Waals surface area contributed by atoms with E-state index in [1.165, 1.54) is 12.3 Å². The van der Waals surface area contributed by atoms with Crippen LogP contribution in [-0.2, 0) is 0 Å². The van der Waals surface area contributed by atoms with Crippen molar-refractivity contribution >= 4 is 28.9 Å². The summed E-state index contributed by atoms with van der Waals surface area (Å²) >= 11 is 1.68. The third-order valence-electron chi connectivity index (χ3n) is 1.29. The normalized spacial score (nSPS) is 10.3. The fourth-order valence-corrected chi connectivity index (χ4v) is 1.41. The minimum atomic E-state index is -2.56. The fourth-order valence-electron chi connectivity index (χ4n) is 0.726. The Balaban J connectivity index is 3.22. The highest BCUT2D eigenvalue weighted by molar-refractivity contribution is 14.1. The molecule has 1 aromatic heterocycles. The molecule has 0 bridgehead atoms. The van der Waals surface area contributed by atoms with Gasteiger partial charge in [-0.25, -0.2) is 8.78 Å². The first kappa shape index (κ1) is 9.50. The van der Waals surface area contributed by atoms with Gasteiger partial charge in [-0.1, -0.05) is 0 Å². The summed E-state index contributed by atoms with van der Waals surface area (Å²) in [5, 5.41) is 0. The maximum absolute atomic E-state index is 12.2. The minimum Gasteiger partial charge on any atom is -0.296 e. The van der Waals surface area contributed by atoms with Crippen molar-refractivity contribution < 1.29 is 13.6 Å². The molecule has 0 aliphatic rings. The third-order valence-corrected chi connectivity index (χ3v) is 2.47. The van der Waals surface area contributed by atoms with E-state index in [-0.39, 0.29) is 14.8 Å². The lowest BCUT2D eigenvalue weighted by Crippen LogP contribution is -1.97. The molecule has 1 aromatic rings. The highest BCUT2D eigenvalue weighted by Gasteiger charge is 2.13. The molecule has 0 atom stereocenters. The number of hydrogen-bond donors (Lipinski definition) is 0. The molecule has 0 fully saturated rings. The van der Waals surface area contributed by atoms with Crippen molar-refractivity contribution in [1.29, 1.82) is 0 Å². The van der Waals surface area contributed by atoms with E-state index in [2.05, 4.69) is 4.98 Å². The highest BCUT2D eigenvalue weighted by Crippen LogP contribution is 2.24. The number of alkyl halides is 2. The molecule has 0 amide bonds. The predicted molar refractivity (Wildman–Crippen MR) is 47.3 cm³/mol. The van der Waals surface area contributed by atoms with Gasteiger partial charge in [0.15, 0.2) is 6.29 Å².